The molecule has 0 aliphatic carbocycles. The number of nitrogens with two attached hydrogens (primary N) is 1. The monoisotopic (exact) mass is 339 g/mol. The highest BCUT2D eigenvalue weighted by Crippen LogP contribution is 2.49. The molecule has 0 amide bonds. The van der Waals surface area contributed by atoms with Crippen molar-refractivity contribution >= 4 is 18.8 Å². The molecule has 0 aliphatic rings. The number of rotatable bonds is 8. The Morgan fingerprint density at radius 1 is 1.26 bits per heavy atom. The molecule has 0 fully saturated rings. The van der Waals surface area contributed by atoms with Crippen molar-refractivity contribution in [3.8, 4) is 11.5 Å². The van der Waals surface area contributed by atoms with Gasteiger partial charge in [0.15, 0.2) is 5.76 Å². The summed E-state index contributed by atoms with van der Waals surface area (Å²) in [5.74, 6) is 0.484. The van der Waals surface area contributed by atoms with E-state index in [1.54, 1.807) is 26.1 Å². The van der Waals surface area contributed by atoms with E-state index in [-0.39, 0.29) is 19.2 Å². The van der Waals surface area contributed by atoms with Crippen molar-refractivity contribution in [2.45, 2.75) is 33.6 Å². The van der Waals surface area contributed by atoms with E-state index in [2.05, 4.69) is 16.9 Å². The van der Waals surface area contributed by atoms with Crippen LogP contribution in [-0.2, 0) is 20.0 Å². The smallest absolute Gasteiger partial charge is 0.365 e. The molecule has 7 nitrogen and oxygen atoms in total. The van der Waals surface area contributed by atoms with Crippen LogP contribution < -0.4 is 11.0 Å². The summed E-state index contributed by atoms with van der Waals surface area (Å²) in [6.45, 7) is 6.09. The van der Waals surface area contributed by atoms with Gasteiger partial charge in [-0.15, -0.1) is 0 Å². The molecule has 8 heteroatoms. The van der Waals surface area contributed by atoms with Crippen LogP contribution in [0.1, 0.15) is 32.8 Å². The van der Waals surface area contributed by atoms with Gasteiger partial charge in [0, 0.05) is 11.8 Å². The number of aromatic nitrogens is 2. The Kier molecular flexibility index (Phi) is 5.93. The molecule has 2 N–H and O–H groups in total. The van der Waals surface area contributed by atoms with Gasteiger partial charge in [-0.05, 0) is 26.3 Å². The first-order valence-corrected chi connectivity index (χ1v) is 9.18. The van der Waals surface area contributed by atoms with Crippen LogP contribution in [0.5, 0.6) is 0 Å². The summed E-state index contributed by atoms with van der Waals surface area (Å²) in [6.07, 6.45) is 4.78. The summed E-state index contributed by atoms with van der Waals surface area (Å²) in [6, 6.07) is 1.59. The largest absolute Gasteiger partial charge is 0.462 e. The van der Waals surface area contributed by atoms with Gasteiger partial charge in [0.25, 0.3) is 0 Å². The van der Waals surface area contributed by atoms with Gasteiger partial charge in [0.05, 0.1) is 19.5 Å². The molecule has 2 aromatic rings. The standard InChI is InChI=1S/C15H22N3O4P/c1-4-7-11-10-17-15(16)18-13(11)14-12(8-9-20-14)23(19,21-5-2)22-6-3/h8-10H,4-7H2,1-3H3,(H2,16,17,18). The van der Waals surface area contributed by atoms with Crippen molar-refractivity contribution in [2.24, 2.45) is 0 Å². The molecule has 23 heavy (non-hydrogen) atoms. The minimum absolute atomic E-state index is 0.129. The second kappa shape index (κ2) is 7.73. The van der Waals surface area contributed by atoms with Crippen LogP contribution in [0.15, 0.2) is 22.9 Å². The van der Waals surface area contributed by atoms with E-state index in [1.165, 1.54) is 6.26 Å². The van der Waals surface area contributed by atoms with E-state index >= 15 is 0 Å². The molecular formula is C15H22N3O4P. The Hall–Kier alpha value is -1.69. The van der Waals surface area contributed by atoms with Crippen molar-refractivity contribution in [1.29, 1.82) is 0 Å². The Bertz CT molecular complexity index is 692. The van der Waals surface area contributed by atoms with Crippen LogP contribution in [0.25, 0.3) is 11.5 Å². The molecule has 0 saturated heterocycles. The first-order valence-electron chi connectivity index (χ1n) is 7.64. The molecule has 0 bridgehead atoms. The maximum absolute atomic E-state index is 13.0. The lowest BCUT2D eigenvalue weighted by Crippen LogP contribution is -2.13. The summed E-state index contributed by atoms with van der Waals surface area (Å²) in [5.41, 5.74) is 7.11. The van der Waals surface area contributed by atoms with Crippen molar-refractivity contribution in [2.75, 3.05) is 18.9 Å². The highest BCUT2D eigenvalue weighted by atomic mass is 31.2. The van der Waals surface area contributed by atoms with Crippen LogP contribution in [0.3, 0.4) is 0 Å². The number of furan rings is 1. The Morgan fingerprint density at radius 2 is 1.96 bits per heavy atom. The number of aryl methyl sites for hydroxylation is 1. The van der Waals surface area contributed by atoms with Gasteiger partial charge in [-0.25, -0.2) is 9.97 Å². The quantitative estimate of drug-likeness (QED) is 0.737. The fraction of sp³-hybridized carbons (Fsp3) is 0.467. The first-order chi connectivity index (χ1) is 11.1. The van der Waals surface area contributed by atoms with E-state index in [0.717, 1.165) is 18.4 Å². The van der Waals surface area contributed by atoms with E-state index < -0.39 is 7.60 Å². The zero-order valence-electron chi connectivity index (χ0n) is 13.6. The van der Waals surface area contributed by atoms with Gasteiger partial charge in [0.1, 0.15) is 11.0 Å². The zero-order chi connectivity index (χ0) is 16.9. The lowest BCUT2D eigenvalue weighted by molar-refractivity contribution is 0.230. The van der Waals surface area contributed by atoms with Crippen molar-refractivity contribution in [3.05, 3.63) is 24.1 Å². The van der Waals surface area contributed by atoms with Crippen LogP contribution >= 0.6 is 7.60 Å². The van der Waals surface area contributed by atoms with Crippen molar-refractivity contribution in [3.63, 3.8) is 0 Å². The molecule has 0 aliphatic heterocycles. The van der Waals surface area contributed by atoms with Crippen LogP contribution in [-0.4, -0.2) is 23.2 Å². The lowest BCUT2D eigenvalue weighted by atomic mass is 10.1. The molecule has 2 rings (SSSR count). The number of nitrogen functional groups attached to an aromatic ring is 1. The third-order valence-corrected chi connectivity index (χ3v) is 5.29. The number of hydrogen-bond acceptors (Lipinski definition) is 7. The predicted octanol–water partition coefficient (Wildman–Crippen LogP) is 3.16. The van der Waals surface area contributed by atoms with E-state index in [1.807, 2.05) is 0 Å². The van der Waals surface area contributed by atoms with Crippen LogP contribution in [0.4, 0.5) is 5.95 Å². The zero-order valence-corrected chi connectivity index (χ0v) is 14.5. The number of hydrogen-bond donors (Lipinski definition) is 1. The van der Waals surface area contributed by atoms with E-state index in [0.29, 0.717) is 16.8 Å². The van der Waals surface area contributed by atoms with Gasteiger partial charge in [-0.2, -0.15) is 0 Å². The maximum atomic E-state index is 13.0. The first kappa shape index (κ1) is 17.7. The topological polar surface area (TPSA) is 100 Å². The number of anilines is 1. The second-order valence-electron chi connectivity index (χ2n) is 4.82. The summed E-state index contributed by atoms with van der Waals surface area (Å²) in [7, 11) is -3.48. The molecular weight excluding hydrogens is 317 g/mol. The second-order valence-corrected chi connectivity index (χ2v) is 6.81. The van der Waals surface area contributed by atoms with Gasteiger partial charge >= 0.3 is 7.60 Å². The molecule has 0 spiro atoms. The molecule has 0 saturated carbocycles. The maximum Gasteiger partial charge on any atom is 0.365 e. The molecule has 126 valence electrons. The van der Waals surface area contributed by atoms with Gasteiger partial charge < -0.3 is 19.2 Å². The third kappa shape index (κ3) is 3.80. The predicted molar refractivity (Wildman–Crippen MR) is 88.6 cm³/mol. The molecule has 2 heterocycles. The lowest BCUT2D eigenvalue weighted by Gasteiger charge is -2.17. The van der Waals surface area contributed by atoms with Crippen molar-refractivity contribution in [1.82, 2.24) is 9.97 Å². The molecule has 0 unspecified atom stereocenters. The highest BCUT2D eigenvalue weighted by Gasteiger charge is 2.33. The number of nitrogens with zero attached hydrogens (tertiary/aromatic N) is 2. The SMILES string of the molecule is CCCc1cnc(N)nc1-c1occc1P(=O)(OCC)OCC. The molecule has 2 aromatic heterocycles. The molecule has 0 aromatic carbocycles. The summed E-state index contributed by atoms with van der Waals surface area (Å²) < 4.78 is 29.4. The normalized spacial score (nSPS) is 11.8. The average molecular weight is 339 g/mol. The van der Waals surface area contributed by atoms with E-state index in [4.69, 9.17) is 19.2 Å². The Morgan fingerprint density at radius 3 is 2.57 bits per heavy atom. The van der Waals surface area contributed by atoms with Crippen molar-refractivity contribution < 1.29 is 18.0 Å². The van der Waals surface area contributed by atoms with Crippen LogP contribution in [0, 0.1) is 0 Å². The summed E-state index contributed by atoms with van der Waals surface area (Å²) >= 11 is 0. The Labute approximate surface area is 135 Å². The minimum atomic E-state index is -3.48. The average Bonchev–Trinajstić information content (AvgIpc) is 3.00. The summed E-state index contributed by atoms with van der Waals surface area (Å²) in [5, 5.41) is 0.358. The van der Waals surface area contributed by atoms with Crippen LogP contribution in [0.2, 0.25) is 0 Å². The fourth-order valence-electron chi connectivity index (χ4n) is 2.28. The van der Waals surface area contributed by atoms with Gasteiger partial charge in [0.2, 0.25) is 5.95 Å². The molecule has 0 radical (unpaired) electrons. The van der Waals surface area contributed by atoms with Gasteiger partial charge in [-0.1, -0.05) is 13.3 Å². The van der Waals surface area contributed by atoms with Gasteiger partial charge in [-0.3, -0.25) is 4.57 Å². The fourth-order valence-corrected chi connectivity index (χ4v) is 3.96. The summed E-state index contributed by atoms with van der Waals surface area (Å²) in [4.78, 5) is 8.30. The third-order valence-electron chi connectivity index (χ3n) is 3.16. The van der Waals surface area contributed by atoms with E-state index in [9.17, 15) is 4.57 Å². The Balaban J connectivity index is 2.57. The minimum Gasteiger partial charge on any atom is -0.462 e. The molecule has 0 atom stereocenters. The highest BCUT2D eigenvalue weighted by molar-refractivity contribution is 7.62.